The summed E-state index contributed by atoms with van der Waals surface area (Å²) in [6.07, 6.45) is 6.08. The maximum atomic E-state index is 10.7. The molecular weight excluding hydrogens is 384 g/mol. The number of nitrogens with zero attached hydrogens (tertiary/aromatic N) is 1. The van der Waals surface area contributed by atoms with E-state index in [1.165, 1.54) is 16.5 Å². The van der Waals surface area contributed by atoms with Crippen molar-refractivity contribution in [2.75, 3.05) is 17.2 Å². The summed E-state index contributed by atoms with van der Waals surface area (Å²) in [5.41, 5.74) is 5.35. The van der Waals surface area contributed by atoms with Crippen LogP contribution in [0.3, 0.4) is 0 Å². The molecule has 0 bridgehead atoms. The Hall–Kier alpha value is -3.31. The highest BCUT2D eigenvalue weighted by Crippen LogP contribution is 2.29. The molecule has 4 N–H and O–H groups in total. The van der Waals surface area contributed by atoms with Gasteiger partial charge in [-0.2, -0.15) is 0 Å². The third kappa shape index (κ3) is 4.72. The molecule has 4 aromatic rings. The predicted octanol–water partition coefficient (Wildman–Crippen LogP) is 5.97. The maximum absolute atomic E-state index is 10.7. The molecule has 2 aromatic carbocycles. The Kier molecular flexibility index (Phi) is 6.23. The van der Waals surface area contributed by atoms with Crippen molar-refractivity contribution in [1.82, 2.24) is 9.97 Å². The smallest absolute Gasteiger partial charge is 0.106 e. The Balaban J connectivity index is 1.35. The summed E-state index contributed by atoms with van der Waals surface area (Å²) in [5.74, 6) is 0. The minimum Gasteiger partial charge on any atom is -0.385 e. The molecule has 5 nitrogen and oxygen atoms in total. The van der Waals surface area contributed by atoms with Crippen molar-refractivity contribution < 1.29 is 5.11 Å². The first kappa shape index (κ1) is 20.9. The van der Waals surface area contributed by atoms with Gasteiger partial charge < -0.3 is 20.7 Å². The molecule has 0 saturated heterocycles. The fraction of sp³-hybridized carbons (Fsp3) is 0.269. The summed E-state index contributed by atoms with van der Waals surface area (Å²) in [6, 6.07) is 20.5. The summed E-state index contributed by atoms with van der Waals surface area (Å²) in [4.78, 5) is 7.71. The zero-order chi connectivity index (χ0) is 21.7. The lowest BCUT2D eigenvalue weighted by Gasteiger charge is -2.25. The topological polar surface area (TPSA) is 73.0 Å². The zero-order valence-electron chi connectivity index (χ0n) is 18.2. The average Bonchev–Trinajstić information content (AvgIpc) is 3.23. The number of aromatic nitrogens is 2. The molecule has 160 valence electrons. The Morgan fingerprint density at radius 1 is 0.935 bits per heavy atom. The minimum absolute atomic E-state index is 0.638. The largest absolute Gasteiger partial charge is 0.385 e. The molecule has 0 unspecified atom stereocenters. The normalized spacial score (nSPS) is 11.6. The number of rotatable bonds is 9. The van der Waals surface area contributed by atoms with E-state index in [1.54, 1.807) is 6.20 Å². The minimum atomic E-state index is -0.879. The van der Waals surface area contributed by atoms with Gasteiger partial charge in [-0.3, -0.25) is 4.98 Å². The van der Waals surface area contributed by atoms with Crippen molar-refractivity contribution in [2.24, 2.45) is 0 Å². The van der Waals surface area contributed by atoms with Crippen LogP contribution in [0.2, 0.25) is 0 Å². The number of pyridine rings is 1. The Morgan fingerprint density at radius 3 is 2.45 bits per heavy atom. The molecule has 0 radical (unpaired) electrons. The van der Waals surface area contributed by atoms with Gasteiger partial charge in [0.2, 0.25) is 0 Å². The second-order valence-electron chi connectivity index (χ2n) is 7.91. The van der Waals surface area contributed by atoms with Gasteiger partial charge in [-0.1, -0.05) is 32.0 Å². The van der Waals surface area contributed by atoms with Gasteiger partial charge in [0.25, 0.3) is 0 Å². The fourth-order valence-electron chi connectivity index (χ4n) is 3.89. The molecule has 0 atom stereocenters. The lowest BCUT2D eigenvalue weighted by Crippen LogP contribution is -2.24. The zero-order valence-corrected chi connectivity index (χ0v) is 18.2. The van der Waals surface area contributed by atoms with Crippen LogP contribution in [0.5, 0.6) is 0 Å². The van der Waals surface area contributed by atoms with Gasteiger partial charge in [0, 0.05) is 46.9 Å². The van der Waals surface area contributed by atoms with Crippen LogP contribution in [0.25, 0.3) is 10.9 Å². The van der Waals surface area contributed by atoms with Crippen LogP contribution >= 0.6 is 0 Å². The molecule has 31 heavy (non-hydrogen) atoms. The summed E-state index contributed by atoms with van der Waals surface area (Å²) in [5, 5.41) is 18.9. The lowest BCUT2D eigenvalue weighted by molar-refractivity contribution is 0.0241. The highest BCUT2D eigenvalue weighted by atomic mass is 16.3. The summed E-state index contributed by atoms with van der Waals surface area (Å²) >= 11 is 0. The van der Waals surface area contributed by atoms with Crippen molar-refractivity contribution in [3.63, 3.8) is 0 Å². The maximum Gasteiger partial charge on any atom is 0.106 e. The van der Waals surface area contributed by atoms with E-state index in [9.17, 15) is 5.11 Å². The van der Waals surface area contributed by atoms with E-state index >= 15 is 0 Å². The first-order chi connectivity index (χ1) is 15.1. The molecule has 0 amide bonds. The van der Waals surface area contributed by atoms with Gasteiger partial charge in [0.1, 0.15) is 5.60 Å². The van der Waals surface area contributed by atoms with E-state index in [4.69, 9.17) is 0 Å². The number of benzene rings is 2. The SMILES string of the molecule is CCC(O)(CC)c1cc(Nc2ccc(NCCc3c[nH]c4ccccc34)cc2)ccn1. The molecule has 0 aliphatic heterocycles. The predicted molar refractivity (Wildman–Crippen MR) is 129 cm³/mol. The third-order valence-corrected chi connectivity index (χ3v) is 5.98. The molecule has 4 rings (SSSR count). The Bertz CT molecular complexity index is 1130. The van der Waals surface area contributed by atoms with Gasteiger partial charge in [0.15, 0.2) is 0 Å². The number of aliphatic hydroxyl groups is 1. The molecular formula is C26H30N4O. The van der Waals surface area contributed by atoms with Crippen LogP contribution < -0.4 is 10.6 Å². The van der Waals surface area contributed by atoms with Gasteiger partial charge in [-0.05, 0) is 67.3 Å². The van der Waals surface area contributed by atoms with Gasteiger partial charge in [-0.25, -0.2) is 0 Å². The highest BCUT2D eigenvalue weighted by molar-refractivity contribution is 5.83. The number of nitrogens with one attached hydrogen (secondary N) is 3. The van der Waals surface area contributed by atoms with Gasteiger partial charge in [-0.15, -0.1) is 0 Å². The van der Waals surface area contributed by atoms with Gasteiger partial charge >= 0.3 is 0 Å². The number of anilines is 3. The average molecular weight is 415 g/mol. The fourth-order valence-corrected chi connectivity index (χ4v) is 3.89. The Morgan fingerprint density at radius 2 is 1.68 bits per heavy atom. The number of H-pyrrole nitrogens is 1. The van der Waals surface area contributed by atoms with Crippen molar-refractivity contribution in [2.45, 2.75) is 38.7 Å². The van der Waals surface area contributed by atoms with Crippen molar-refractivity contribution in [1.29, 1.82) is 0 Å². The second kappa shape index (κ2) is 9.23. The van der Waals surface area contributed by atoms with Crippen molar-refractivity contribution in [3.05, 3.63) is 84.3 Å². The quantitative estimate of drug-likeness (QED) is 0.272. The molecule has 2 heterocycles. The summed E-state index contributed by atoms with van der Waals surface area (Å²) < 4.78 is 0. The van der Waals surface area contributed by atoms with E-state index < -0.39 is 5.60 Å². The van der Waals surface area contributed by atoms with Crippen LogP contribution in [0.1, 0.15) is 37.9 Å². The number of hydrogen-bond acceptors (Lipinski definition) is 4. The van der Waals surface area contributed by atoms with Crippen LogP contribution in [-0.4, -0.2) is 21.6 Å². The van der Waals surface area contributed by atoms with Crippen molar-refractivity contribution in [3.8, 4) is 0 Å². The standard InChI is InChI=1S/C26H30N4O/c1-3-26(31,4-2)25-17-22(14-16-28-25)30-21-11-9-20(10-12-21)27-15-13-19-18-29-24-8-6-5-7-23(19)24/h5-12,14,16-18,27,29,31H,3-4,13,15H2,1-2H3,(H,28,30). The van der Waals surface area contributed by atoms with E-state index in [0.29, 0.717) is 18.5 Å². The van der Waals surface area contributed by atoms with E-state index in [2.05, 4.69) is 75.3 Å². The van der Waals surface area contributed by atoms with Crippen LogP contribution in [-0.2, 0) is 12.0 Å². The third-order valence-electron chi connectivity index (χ3n) is 5.98. The highest BCUT2D eigenvalue weighted by Gasteiger charge is 2.26. The first-order valence-corrected chi connectivity index (χ1v) is 11.0. The molecule has 0 spiro atoms. The number of aromatic amines is 1. The molecule has 0 fully saturated rings. The van der Waals surface area contributed by atoms with Crippen LogP contribution in [0.15, 0.2) is 73.1 Å². The number of hydrogen-bond donors (Lipinski definition) is 4. The summed E-state index contributed by atoms with van der Waals surface area (Å²) in [6.45, 7) is 4.83. The Labute approximate surface area is 183 Å². The molecule has 5 heteroatoms. The second-order valence-corrected chi connectivity index (χ2v) is 7.91. The number of fused-ring (bicyclic) bond motifs is 1. The van der Waals surface area contributed by atoms with Crippen molar-refractivity contribution >= 4 is 28.0 Å². The first-order valence-electron chi connectivity index (χ1n) is 11.0. The monoisotopic (exact) mass is 414 g/mol. The summed E-state index contributed by atoms with van der Waals surface area (Å²) in [7, 11) is 0. The number of para-hydroxylation sites is 1. The van der Waals surface area contributed by atoms with Crippen LogP contribution in [0, 0.1) is 0 Å². The van der Waals surface area contributed by atoms with E-state index in [0.717, 1.165) is 30.0 Å². The molecule has 2 aromatic heterocycles. The van der Waals surface area contributed by atoms with Crippen LogP contribution in [0.4, 0.5) is 17.1 Å². The van der Waals surface area contributed by atoms with Gasteiger partial charge in [0.05, 0.1) is 5.69 Å². The lowest BCUT2D eigenvalue weighted by atomic mass is 9.93. The molecule has 0 aliphatic carbocycles. The van der Waals surface area contributed by atoms with E-state index in [1.807, 2.05) is 26.0 Å². The molecule has 0 saturated carbocycles. The molecule has 0 aliphatic rings. The van der Waals surface area contributed by atoms with E-state index in [-0.39, 0.29) is 0 Å².